The quantitative estimate of drug-likeness (QED) is 0.342. The van der Waals surface area contributed by atoms with E-state index in [1.54, 1.807) is 6.92 Å². The average molecular weight is 822 g/mol. The zero-order valence-corrected chi connectivity index (χ0v) is 32.2. The minimum absolute atomic E-state index is 0.0367. The summed E-state index contributed by atoms with van der Waals surface area (Å²) in [6.45, 7) is 3.89. The number of hydrogen-bond donors (Lipinski definition) is 3. The number of fused-ring (bicyclic) bond motifs is 5. The summed E-state index contributed by atoms with van der Waals surface area (Å²) in [5.74, 6) is -10.4. The predicted molar refractivity (Wildman–Crippen MR) is 191 cm³/mol. The third-order valence-corrected chi connectivity index (χ3v) is 14.2. The summed E-state index contributed by atoms with van der Waals surface area (Å²) in [7, 11) is -4.31. The second kappa shape index (κ2) is 14.5. The first-order chi connectivity index (χ1) is 26.8. The van der Waals surface area contributed by atoms with Gasteiger partial charge in [0.25, 0.3) is 11.8 Å². The molecule has 4 fully saturated rings. The van der Waals surface area contributed by atoms with Crippen molar-refractivity contribution in [2.45, 2.75) is 125 Å². The Hall–Kier alpha value is -4.80. The molecule has 4 amide bonds. The van der Waals surface area contributed by atoms with E-state index in [-0.39, 0.29) is 48.2 Å². The van der Waals surface area contributed by atoms with E-state index in [9.17, 15) is 41.6 Å². The summed E-state index contributed by atoms with van der Waals surface area (Å²) < 4.78 is 99.0. The Bertz CT molecular complexity index is 2150. The van der Waals surface area contributed by atoms with Crippen molar-refractivity contribution in [1.29, 1.82) is 5.26 Å². The summed E-state index contributed by atoms with van der Waals surface area (Å²) in [5, 5.41) is 14.3. The first-order valence-corrected chi connectivity index (χ1v) is 20.5. The zero-order valence-electron chi connectivity index (χ0n) is 31.4. The number of hydrogen-bond acceptors (Lipinski definition) is 11. The topological polar surface area (TPSA) is 210 Å². The lowest BCUT2D eigenvalue weighted by molar-refractivity contribution is -0.142. The maximum Gasteiger partial charge on any atom is 0.408 e. The molecule has 1 saturated heterocycles. The van der Waals surface area contributed by atoms with Crippen LogP contribution in [0.3, 0.4) is 0 Å². The Kier molecular flexibility index (Phi) is 10.3. The van der Waals surface area contributed by atoms with Crippen molar-refractivity contribution in [3.63, 3.8) is 0 Å². The molecule has 8 atom stereocenters. The minimum Gasteiger partial charge on any atom is -0.471 e. The molecule has 5 aliphatic rings. The largest absolute Gasteiger partial charge is 0.471 e. The van der Waals surface area contributed by atoms with Crippen LogP contribution in [0.25, 0.3) is 11.0 Å². The number of sulfonamides is 1. The Morgan fingerprint density at radius 2 is 1.84 bits per heavy atom. The number of aromatic nitrogens is 2. The SMILES string of the molecule is CC[C@@H]1[C@@H]2CN(C(=O)[C@H](C)NC(=O)O[C@@H]3C[C@H]3CCCCC(F)(F)c3nc4ccc(C#N)cc4nc3O2)[C@@H]1C(=O)N[C@]1(C(=O)NS(=O)(=O)C2(C)CC2)CC1C(F)F. The molecule has 0 radical (unpaired) electrons. The maximum atomic E-state index is 16.2. The summed E-state index contributed by atoms with van der Waals surface area (Å²) >= 11 is 0. The van der Waals surface area contributed by atoms with E-state index in [0.29, 0.717) is 19.3 Å². The second-order valence-corrected chi connectivity index (χ2v) is 18.3. The molecule has 1 aromatic carbocycles. The highest BCUT2D eigenvalue weighted by atomic mass is 32.2. The van der Waals surface area contributed by atoms with Crippen molar-refractivity contribution >= 4 is 44.9 Å². The van der Waals surface area contributed by atoms with Gasteiger partial charge in [0.05, 0.1) is 39.9 Å². The Morgan fingerprint density at radius 3 is 2.49 bits per heavy atom. The van der Waals surface area contributed by atoms with Crippen LogP contribution >= 0.6 is 0 Å². The van der Waals surface area contributed by atoms with Gasteiger partial charge in [-0.3, -0.25) is 19.1 Å². The van der Waals surface area contributed by atoms with E-state index in [0.717, 1.165) is 4.90 Å². The lowest BCUT2D eigenvalue weighted by Crippen LogP contribution is -2.59. The molecular formula is C37H43F4N7O8S. The van der Waals surface area contributed by atoms with E-state index in [2.05, 4.69) is 20.6 Å². The third-order valence-electron chi connectivity index (χ3n) is 12.0. The minimum atomic E-state index is -4.31. The molecule has 3 aliphatic carbocycles. The average Bonchev–Trinajstić information content (AvgIpc) is 4.10. The van der Waals surface area contributed by atoms with Gasteiger partial charge in [0.1, 0.15) is 29.8 Å². The van der Waals surface area contributed by atoms with E-state index in [1.807, 2.05) is 10.8 Å². The van der Waals surface area contributed by atoms with E-state index >= 15 is 8.78 Å². The van der Waals surface area contributed by atoms with Gasteiger partial charge in [-0.25, -0.2) is 32.0 Å². The monoisotopic (exact) mass is 821 g/mol. The number of nitrogens with zero attached hydrogens (tertiary/aromatic N) is 4. The summed E-state index contributed by atoms with van der Waals surface area (Å²) in [6.07, 6.45) is -5.04. The lowest BCUT2D eigenvalue weighted by atomic mass is 9.93. The van der Waals surface area contributed by atoms with Gasteiger partial charge in [0.15, 0.2) is 5.69 Å². The second-order valence-electron chi connectivity index (χ2n) is 16.1. The van der Waals surface area contributed by atoms with Crippen LogP contribution in [-0.2, 0) is 35.1 Å². The first kappa shape index (κ1) is 40.4. The van der Waals surface area contributed by atoms with Gasteiger partial charge >= 0.3 is 6.09 Å². The van der Waals surface area contributed by atoms with Gasteiger partial charge in [-0.2, -0.15) is 14.0 Å². The van der Waals surface area contributed by atoms with E-state index < -0.39 is 124 Å². The van der Waals surface area contributed by atoms with Crippen molar-refractivity contribution < 1.29 is 54.6 Å². The molecule has 3 saturated carbocycles. The number of rotatable bonds is 7. The molecule has 7 rings (SSSR count). The molecule has 15 nitrogen and oxygen atoms in total. The van der Waals surface area contributed by atoms with Crippen LogP contribution in [0.2, 0.25) is 0 Å². The van der Waals surface area contributed by atoms with Crippen LogP contribution in [0.4, 0.5) is 22.4 Å². The van der Waals surface area contributed by atoms with Gasteiger partial charge < -0.3 is 25.0 Å². The van der Waals surface area contributed by atoms with E-state index in [4.69, 9.17) is 9.47 Å². The number of alkyl carbamates (subject to hydrolysis) is 1. The highest BCUT2D eigenvalue weighted by Gasteiger charge is 2.67. The summed E-state index contributed by atoms with van der Waals surface area (Å²) in [4.78, 5) is 64.5. The van der Waals surface area contributed by atoms with Crippen molar-refractivity contribution in [3.05, 3.63) is 29.5 Å². The van der Waals surface area contributed by atoms with Crippen molar-refractivity contribution in [3.8, 4) is 11.9 Å². The molecule has 3 N–H and O–H groups in total. The van der Waals surface area contributed by atoms with Crippen LogP contribution in [0, 0.1) is 29.1 Å². The number of halogens is 4. The van der Waals surface area contributed by atoms with Gasteiger partial charge in [-0.1, -0.05) is 13.3 Å². The van der Waals surface area contributed by atoms with Gasteiger partial charge in [-0.05, 0) is 82.9 Å². The van der Waals surface area contributed by atoms with E-state index in [1.165, 1.54) is 32.0 Å². The molecule has 1 unspecified atom stereocenters. The number of nitrogens with one attached hydrogen (secondary N) is 3. The number of alkyl halides is 4. The molecule has 57 heavy (non-hydrogen) atoms. The highest BCUT2D eigenvalue weighted by molar-refractivity contribution is 7.91. The van der Waals surface area contributed by atoms with Crippen molar-refractivity contribution in [1.82, 2.24) is 30.2 Å². The standard InChI is InChI=1S/C37H43F4N7O8S/c1-4-21-26-17-48(27(21)30(49)46-36(15-22(36)29(38)39)33(51)47-57(53,54)35(3)11-12-35)32(50)18(2)43-34(52)56-25-14-20(25)7-5-6-10-37(40,41)28-31(55-26)45-24-13-19(16-42)8-9-23(24)44-28/h8-9,13,18,20-22,25-27,29H,4-7,10-12,14-15,17H2,1-3H3,(H,43,52)(H,46,49)(H,47,51)/t18-,20+,21+,22?,25+,26-,27-,36+/m0/s1. The lowest BCUT2D eigenvalue weighted by Gasteiger charge is -2.31. The number of amides is 4. The number of carbonyl (C=O) groups excluding carboxylic acids is 4. The predicted octanol–water partition coefficient (Wildman–Crippen LogP) is 3.79. The number of ether oxygens (including phenoxy) is 2. The fraction of sp³-hybridized carbons (Fsp3) is 0.649. The summed E-state index contributed by atoms with van der Waals surface area (Å²) in [6, 6.07) is 3.17. The fourth-order valence-corrected chi connectivity index (χ4v) is 9.26. The Balaban J connectivity index is 1.26. The van der Waals surface area contributed by atoms with Crippen molar-refractivity contribution in [2.75, 3.05) is 6.54 Å². The molecule has 20 heteroatoms. The Morgan fingerprint density at radius 1 is 1.11 bits per heavy atom. The maximum absolute atomic E-state index is 16.2. The van der Waals surface area contributed by atoms with Crippen molar-refractivity contribution in [2.24, 2.45) is 17.8 Å². The van der Waals surface area contributed by atoms with Crippen LogP contribution in [0.15, 0.2) is 18.2 Å². The number of benzene rings is 1. The first-order valence-electron chi connectivity index (χ1n) is 19.0. The third kappa shape index (κ3) is 7.66. The van der Waals surface area contributed by atoms with Gasteiger partial charge in [0, 0.05) is 12.3 Å². The smallest absolute Gasteiger partial charge is 0.408 e. The molecule has 308 valence electrons. The molecule has 2 bridgehead atoms. The van der Waals surface area contributed by atoms with Crippen LogP contribution in [0.5, 0.6) is 5.88 Å². The van der Waals surface area contributed by atoms with Crippen LogP contribution < -0.4 is 20.1 Å². The highest BCUT2D eigenvalue weighted by Crippen LogP contribution is 2.50. The number of nitriles is 1. The fourth-order valence-electron chi connectivity index (χ4n) is 7.95. The summed E-state index contributed by atoms with van der Waals surface area (Å²) in [5.41, 5.74) is -2.86. The molecule has 2 aliphatic heterocycles. The van der Waals surface area contributed by atoms with Gasteiger partial charge in [0.2, 0.25) is 34.1 Å². The molecule has 1 aromatic heterocycles. The molecule has 3 heterocycles. The Labute approximate surface area is 325 Å². The molecule has 2 aromatic rings. The normalized spacial score (nSPS) is 31.9. The number of carbonyl (C=O) groups is 4. The molecular weight excluding hydrogens is 779 g/mol. The van der Waals surface area contributed by atoms with Crippen LogP contribution in [0.1, 0.15) is 89.8 Å². The molecule has 0 spiro atoms. The van der Waals surface area contributed by atoms with Crippen LogP contribution in [-0.4, -0.2) is 94.6 Å². The zero-order chi connectivity index (χ0) is 41.2. The van der Waals surface area contributed by atoms with Gasteiger partial charge in [-0.15, -0.1) is 0 Å².